The number of aromatic nitrogens is 1. The predicted molar refractivity (Wildman–Crippen MR) is 106 cm³/mol. The molecule has 2 atom stereocenters. The summed E-state index contributed by atoms with van der Waals surface area (Å²) in [6, 6.07) is 13.0. The highest BCUT2D eigenvalue weighted by atomic mass is 32.1. The Hall–Kier alpha value is -2.33. The maximum absolute atomic E-state index is 13.1. The van der Waals surface area contributed by atoms with E-state index in [0.29, 0.717) is 23.0 Å². The van der Waals surface area contributed by atoms with Crippen molar-refractivity contribution in [2.24, 2.45) is 0 Å². The van der Waals surface area contributed by atoms with Crippen molar-refractivity contribution in [2.75, 3.05) is 6.54 Å². The zero-order valence-corrected chi connectivity index (χ0v) is 15.6. The number of nitrogens with one attached hydrogen (secondary N) is 1. The second-order valence-corrected chi connectivity index (χ2v) is 6.49. The van der Waals surface area contributed by atoms with Gasteiger partial charge in [0.1, 0.15) is 0 Å². The lowest BCUT2D eigenvalue weighted by molar-refractivity contribution is -0.692. The van der Waals surface area contributed by atoms with E-state index < -0.39 is 6.04 Å². The first-order valence-electron chi connectivity index (χ1n) is 8.57. The molecular weight excluding hydrogens is 328 g/mol. The largest absolute Gasteiger partial charge is 0.370 e. The van der Waals surface area contributed by atoms with Crippen LogP contribution in [0.15, 0.2) is 67.5 Å². The lowest BCUT2D eigenvalue weighted by atomic mass is 9.95. The maximum atomic E-state index is 13.1. The third-order valence-corrected chi connectivity index (χ3v) is 4.70. The third kappa shape index (κ3) is 4.83. The van der Waals surface area contributed by atoms with Gasteiger partial charge in [-0.2, -0.15) is 4.57 Å². The molecule has 130 valence electrons. The van der Waals surface area contributed by atoms with Crippen LogP contribution in [0.4, 0.5) is 0 Å². The highest BCUT2D eigenvalue weighted by molar-refractivity contribution is 7.80. The maximum Gasteiger partial charge on any atom is 0.270 e. The summed E-state index contributed by atoms with van der Waals surface area (Å²) in [5.41, 5.74) is 1.91. The van der Waals surface area contributed by atoms with E-state index in [1.54, 1.807) is 6.08 Å². The van der Waals surface area contributed by atoms with Crippen LogP contribution in [0.5, 0.6) is 0 Å². The summed E-state index contributed by atoms with van der Waals surface area (Å²) in [7, 11) is 0. The van der Waals surface area contributed by atoms with Gasteiger partial charge < -0.3 is 5.32 Å². The van der Waals surface area contributed by atoms with E-state index in [1.165, 1.54) is 5.56 Å². The second-order valence-electron chi connectivity index (χ2n) is 6.05. The normalized spacial score (nSPS) is 12.9. The Morgan fingerprint density at radius 1 is 1.24 bits per heavy atom. The molecule has 0 bridgehead atoms. The van der Waals surface area contributed by atoms with Crippen molar-refractivity contribution >= 4 is 23.0 Å². The van der Waals surface area contributed by atoms with Gasteiger partial charge in [-0.25, -0.2) is 0 Å². The van der Waals surface area contributed by atoms with Gasteiger partial charge in [0, 0.05) is 24.2 Å². The molecule has 2 aromatic rings. The Morgan fingerprint density at radius 2 is 1.88 bits per heavy atom. The molecule has 25 heavy (non-hydrogen) atoms. The minimum Gasteiger partial charge on any atom is -0.370 e. The first-order chi connectivity index (χ1) is 12.1. The summed E-state index contributed by atoms with van der Waals surface area (Å²) < 4.78 is 1.84. The van der Waals surface area contributed by atoms with Gasteiger partial charge in [0.05, 0.1) is 0 Å². The van der Waals surface area contributed by atoms with Gasteiger partial charge in [0.25, 0.3) is 6.04 Å². The lowest BCUT2D eigenvalue weighted by Crippen LogP contribution is -2.51. The van der Waals surface area contributed by atoms with Gasteiger partial charge in [0.15, 0.2) is 17.4 Å². The van der Waals surface area contributed by atoms with Gasteiger partial charge in [-0.05, 0) is 17.9 Å². The van der Waals surface area contributed by atoms with Crippen molar-refractivity contribution in [3.63, 3.8) is 0 Å². The Bertz CT molecular complexity index is 725. The molecule has 0 spiro atoms. The second kappa shape index (κ2) is 9.23. The Kier molecular flexibility index (Phi) is 7.02. The highest BCUT2D eigenvalue weighted by Crippen LogP contribution is 2.20. The summed E-state index contributed by atoms with van der Waals surface area (Å²) >= 11 is 5.48. The molecule has 0 radical (unpaired) electrons. The third-order valence-electron chi connectivity index (χ3n) is 4.33. The van der Waals surface area contributed by atoms with E-state index in [4.69, 9.17) is 12.2 Å². The summed E-state index contributed by atoms with van der Waals surface area (Å²) in [5, 5.41) is 3.09. The topological polar surface area (TPSA) is 33.0 Å². The van der Waals surface area contributed by atoms with Crippen molar-refractivity contribution < 1.29 is 9.36 Å². The molecule has 0 aliphatic heterocycles. The standard InChI is InChI=1S/C21H24N2OS/c1-4-13-22-21(25)19(23-14-7-6-8-15-23)20(24)18-11-9-17(10-12-18)16(3)5-2/h4,6-12,14-16,19H,1,5,13H2,2-3H3/p+1/t16-,19+/m1/s1. The number of hydrogen-bond donors (Lipinski definition) is 1. The number of rotatable bonds is 8. The summed E-state index contributed by atoms with van der Waals surface area (Å²) in [6.45, 7) is 8.57. The number of carbonyl (C=O) groups excluding carboxylic acids is 1. The van der Waals surface area contributed by atoms with Gasteiger partial charge >= 0.3 is 0 Å². The van der Waals surface area contributed by atoms with Gasteiger partial charge in [-0.3, -0.25) is 4.79 Å². The van der Waals surface area contributed by atoms with E-state index in [9.17, 15) is 4.79 Å². The minimum absolute atomic E-state index is 0.0199. The fourth-order valence-corrected chi connectivity index (χ4v) is 2.92. The van der Waals surface area contributed by atoms with Gasteiger partial charge in [-0.15, -0.1) is 6.58 Å². The van der Waals surface area contributed by atoms with E-state index in [0.717, 1.165) is 6.42 Å². The van der Waals surface area contributed by atoms with Crippen LogP contribution in [0.1, 0.15) is 48.1 Å². The number of pyridine rings is 1. The van der Waals surface area contributed by atoms with E-state index in [1.807, 2.05) is 59.4 Å². The molecule has 4 heteroatoms. The average molecular weight is 354 g/mol. The van der Waals surface area contributed by atoms with E-state index in [-0.39, 0.29) is 5.78 Å². The predicted octanol–water partition coefficient (Wildman–Crippen LogP) is 4.01. The molecular formula is C21H25N2OS+. The van der Waals surface area contributed by atoms with Crippen LogP contribution in [0.2, 0.25) is 0 Å². The van der Waals surface area contributed by atoms with Crippen molar-refractivity contribution in [2.45, 2.75) is 32.2 Å². The van der Waals surface area contributed by atoms with Crippen LogP contribution in [0, 0.1) is 0 Å². The number of benzene rings is 1. The van der Waals surface area contributed by atoms with E-state index in [2.05, 4.69) is 25.7 Å². The molecule has 2 rings (SSSR count). The van der Waals surface area contributed by atoms with Crippen LogP contribution in [-0.2, 0) is 0 Å². The van der Waals surface area contributed by atoms with Crippen LogP contribution < -0.4 is 9.88 Å². The molecule has 0 aliphatic carbocycles. The van der Waals surface area contributed by atoms with Crippen LogP contribution in [0.25, 0.3) is 0 Å². The van der Waals surface area contributed by atoms with Gasteiger partial charge in [-0.1, -0.05) is 62.5 Å². The molecule has 0 unspecified atom stereocenters. The van der Waals surface area contributed by atoms with Crippen LogP contribution in [0.3, 0.4) is 0 Å². The number of hydrogen-bond acceptors (Lipinski definition) is 2. The zero-order valence-electron chi connectivity index (χ0n) is 14.8. The van der Waals surface area contributed by atoms with Crippen LogP contribution in [-0.4, -0.2) is 17.3 Å². The van der Waals surface area contributed by atoms with E-state index >= 15 is 0 Å². The molecule has 1 N–H and O–H groups in total. The minimum atomic E-state index is -0.564. The monoisotopic (exact) mass is 353 g/mol. The number of thiocarbonyl (C=S) groups is 1. The quantitative estimate of drug-likeness (QED) is 0.337. The lowest BCUT2D eigenvalue weighted by Gasteiger charge is -2.15. The van der Waals surface area contributed by atoms with Crippen molar-refractivity contribution in [3.05, 3.63) is 78.6 Å². The first kappa shape index (κ1) is 19.0. The highest BCUT2D eigenvalue weighted by Gasteiger charge is 2.32. The number of carbonyl (C=O) groups is 1. The first-order valence-corrected chi connectivity index (χ1v) is 8.97. The fourth-order valence-electron chi connectivity index (χ4n) is 2.61. The van der Waals surface area contributed by atoms with Gasteiger partial charge in [0.2, 0.25) is 5.78 Å². The number of nitrogens with zero attached hydrogens (tertiary/aromatic N) is 1. The molecule has 0 fully saturated rings. The molecule has 1 aromatic heterocycles. The molecule has 0 saturated heterocycles. The number of Topliss-reactive ketones (excluding diaryl/α,β-unsaturated/α-hetero) is 1. The molecule has 0 amide bonds. The van der Waals surface area contributed by atoms with Crippen molar-refractivity contribution in [3.8, 4) is 0 Å². The smallest absolute Gasteiger partial charge is 0.270 e. The Morgan fingerprint density at radius 3 is 2.44 bits per heavy atom. The fraction of sp³-hybridized carbons (Fsp3) is 0.286. The summed E-state index contributed by atoms with van der Waals surface area (Å²) in [6.07, 6.45) is 6.52. The molecule has 0 aliphatic rings. The molecule has 0 saturated carbocycles. The average Bonchev–Trinajstić information content (AvgIpc) is 2.66. The van der Waals surface area contributed by atoms with Crippen molar-refractivity contribution in [1.82, 2.24) is 5.32 Å². The Balaban J connectivity index is 2.31. The Labute approximate surface area is 155 Å². The SMILES string of the molecule is C=CCNC(=S)[C@H](C(=O)c1ccc([C@H](C)CC)cc1)[n+]1ccccc1. The molecule has 1 heterocycles. The molecule has 3 nitrogen and oxygen atoms in total. The van der Waals surface area contributed by atoms with Crippen LogP contribution >= 0.6 is 12.2 Å². The number of ketones is 1. The molecule has 1 aromatic carbocycles. The summed E-state index contributed by atoms with van der Waals surface area (Å²) in [4.78, 5) is 13.6. The zero-order chi connectivity index (χ0) is 18.2. The summed E-state index contributed by atoms with van der Waals surface area (Å²) in [5.74, 6) is 0.465. The van der Waals surface area contributed by atoms with Crippen molar-refractivity contribution in [1.29, 1.82) is 0 Å².